The first-order valence-electron chi connectivity index (χ1n) is 7.86. The first-order valence-corrected chi connectivity index (χ1v) is 7.86. The zero-order valence-electron chi connectivity index (χ0n) is 13.1. The number of likely N-dealkylation sites (tertiary alicyclic amines) is 1. The van der Waals surface area contributed by atoms with Crippen LogP contribution in [0.4, 0.5) is 0 Å². The molecule has 1 heterocycles. The fourth-order valence-corrected chi connectivity index (χ4v) is 3.77. The van der Waals surface area contributed by atoms with Crippen molar-refractivity contribution in [2.24, 2.45) is 11.1 Å². The van der Waals surface area contributed by atoms with Crippen molar-refractivity contribution >= 4 is 5.71 Å². The lowest BCUT2D eigenvalue weighted by molar-refractivity contribution is -0.948. The Morgan fingerprint density at radius 3 is 2.05 bits per heavy atom. The maximum atomic E-state index is 9.46. The molecular formula is C19H23N2O+. The van der Waals surface area contributed by atoms with Gasteiger partial charge in [-0.2, -0.15) is 0 Å². The molecule has 2 aromatic carbocycles. The largest absolute Gasteiger partial charge is 0.411 e. The fraction of sp³-hybridized carbons (Fsp3) is 0.316. The van der Waals surface area contributed by atoms with Gasteiger partial charge in [-0.05, 0) is 0 Å². The highest BCUT2D eigenvalue weighted by molar-refractivity contribution is 5.87. The van der Waals surface area contributed by atoms with Crippen molar-refractivity contribution in [3.05, 3.63) is 71.8 Å². The van der Waals surface area contributed by atoms with Gasteiger partial charge in [0.2, 0.25) is 0 Å². The van der Waals surface area contributed by atoms with Crippen molar-refractivity contribution in [2.75, 3.05) is 7.05 Å². The number of quaternary nitrogens is 1. The average Bonchev–Trinajstić information content (AvgIpc) is 2.57. The highest BCUT2D eigenvalue weighted by Crippen LogP contribution is 2.30. The van der Waals surface area contributed by atoms with E-state index in [-0.39, 0.29) is 5.92 Å². The van der Waals surface area contributed by atoms with Crippen LogP contribution in [-0.2, 0) is 0 Å². The molecule has 3 rings (SSSR count). The molecule has 0 saturated carbocycles. The van der Waals surface area contributed by atoms with Gasteiger partial charge in [0, 0.05) is 17.5 Å². The van der Waals surface area contributed by atoms with E-state index in [0.717, 1.165) is 12.1 Å². The number of hydrogen-bond acceptors (Lipinski definition) is 2. The van der Waals surface area contributed by atoms with Gasteiger partial charge in [0.25, 0.3) is 0 Å². The molecule has 0 spiro atoms. The summed E-state index contributed by atoms with van der Waals surface area (Å²) in [5, 5.41) is 13.1. The number of hydrogen-bond donors (Lipinski definition) is 2. The summed E-state index contributed by atoms with van der Waals surface area (Å²) in [4.78, 5) is 1.46. The third-order valence-corrected chi connectivity index (χ3v) is 4.97. The van der Waals surface area contributed by atoms with Crippen molar-refractivity contribution in [3.63, 3.8) is 0 Å². The van der Waals surface area contributed by atoms with Crippen molar-refractivity contribution in [1.29, 1.82) is 0 Å². The number of benzene rings is 2. The minimum Gasteiger partial charge on any atom is -0.411 e. The van der Waals surface area contributed by atoms with E-state index in [9.17, 15) is 5.21 Å². The lowest BCUT2D eigenvalue weighted by Crippen LogP contribution is -3.11. The number of nitrogens with one attached hydrogen (secondary N) is 1. The molecule has 1 unspecified atom stereocenters. The van der Waals surface area contributed by atoms with Crippen molar-refractivity contribution in [1.82, 2.24) is 0 Å². The summed E-state index contributed by atoms with van der Waals surface area (Å²) in [5.74, 6) is 0.229. The first-order chi connectivity index (χ1) is 10.7. The van der Waals surface area contributed by atoms with Gasteiger partial charge in [0.1, 0.15) is 12.1 Å². The first kappa shape index (κ1) is 14.8. The van der Waals surface area contributed by atoms with E-state index in [2.05, 4.69) is 67.7 Å². The average molecular weight is 295 g/mol. The van der Waals surface area contributed by atoms with Gasteiger partial charge in [-0.1, -0.05) is 72.7 Å². The second-order valence-electron chi connectivity index (χ2n) is 6.18. The van der Waals surface area contributed by atoms with Gasteiger partial charge in [-0.25, -0.2) is 0 Å². The summed E-state index contributed by atoms with van der Waals surface area (Å²) in [7, 11) is 2.25. The zero-order chi connectivity index (χ0) is 15.5. The smallest absolute Gasteiger partial charge is 0.121 e. The molecule has 0 amide bonds. The number of nitrogens with zero attached hydrogens (tertiary/aromatic N) is 1. The molecule has 22 heavy (non-hydrogen) atoms. The molecule has 0 radical (unpaired) electrons. The number of rotatable bonds is 2. The molecule has 1 saturated heterocycles. The molecular weight excluding hydrogens is 272 g/mol. The van der Waals surface area contributed by atoms with Gasteiger partial charge >= 0.3 is 0 Å². The van der Waals surface area contributed by atoms with Crippen LogP contribution in [-0.4, -0.2) is 18.0 Å². The number of piperidine rings is 1. The predicted octanol–water partition coefficient (Wildman–Crippen LogP) is 2.85. The Kier molecular flexibility index (Phi) is 4.25. The van der Waals surface area contributed by atoms with Crippen molar-refractivity contribution < 1.29 is 10.1 Å². The Hall–Kier alpha value is -2.13. The molecule has 2 aromatic rings. The van der Waals surface area contributed by atoms with E-state index >= 15 is 0 Å². The van der Waals surface area contributed by atoms with Crippen LogP contribution in [0.2, 0.25) is 0 Å². The van der Waals surface area contributed by atoms with E-state index in [1.807, 2.05) is 12.1 Å². The molecule has 1 fully saturated rings. The fourth-order valence-electron chi connectivity index (χ4n) is 3.77. The topological polar surface area (TPSA) is 37.0 Å². The van der Waals surface area contributed by atoms with Crippen molar-refractivity contribution in [3.8, 4) is 0 Å². The summed E-state index contributed by atoms with van der Waals surface area (Å²) < 4.78 is 0. The zero-order valence-corrected chi connectivity index (χ0v) is 13.1. The van der Waals surface area contributed by atoms with Crippen LogP contribution in [0.15, 0.2) is 65.8 Å². The van der Waals surface area contributed by atoms with Gasteiger partial charge in [0.15, 0.2) is 0 Å². The highest BCUT2D eigenvalue weighted by Gasteiger charge is 2.42. The van der Waals surface area contributed by atoms with Crippen LogP contribution in [0.5, 0.6) is 0 Å². The second-order valence-corrected chi connectivity index (χ2v) is 6.18. The SMILES string of the molecule is C[C@H]1/C(=N\O)C[C@@H](c2ccccc2)[NH+](C)[C@H]1c1ccccc1. The second kappa shape index (κ2) is 6.32. The molecule has 3 nitrogen and oxygen atoms in total. The Morgan fingerprint density at radius 1 is 0.955 bits per heavy atom. The predicted molar refractivity (Wildman–Crippen MR) is 88.3 cm³/mol. The van der Waals surface area contributed by atoms with Crippen LogP contribution in [0.1, 0.15) is 36.6 Å². The molecule has 3 heteroatoms. The Labute approximate surface area is 131 Å². The minimum absolute atomic E-state index is 0.229. The molecule has 114 valence electrons. The van der Waals surface area contributed by atoms with Gasteiger partial charge < -0.3 is 10.1 Å². The number of oxime groups is 1. The standard InChI is InChI=1S/C19H22N2O/c1-14-17(20-22)13-18(15-9-5-3-6-10-15)21(2)19(14)16-11-7-4-8-12-16/h3-12,14,18-19,22H,13H2,1-2H3/p+1/b20-17-/t14-,18-,19+/m0/s1. The monoisotopic (exact) mass is 295 g/mol. The van der Waals surface area contributed by atoms with E-state index in [0.29, 0.717) is 12.1 Å². The Balaban J connectivity index is 2.01. The summed E-state index contributed by atoms with van der Waals surface area (Å²) in [6.07, 6.45) is 0.802. The van der Waals surface area contributed by atoms with Gasteiger partial charge in [0.05, 0.1) is 18.7 Å². The molecule has 2 N–H and O–H groups in total. The van der Waals surface area contributed by atoms with Crippen LogP contribution in [0, 0.1) is 5.92 Å². The van der Waals surface area contributed by atoms with E-state index in [4.69, 9.17) is 0 Å². The Bertz CT molecular complexity index is 639. The van der Waals surface area contributed by atoms with Crippen LogP contribution in [0.25, 0.3) is 0 Å². The van der Waals surface area contributed by atoms with Crippen LogP contribution >= 0.6 is 0 Å². The molecule has 0 bridgehead atoms. The molecule has 0 aliphatic carbocycles. The van der Waals surface area contributed by atoms with Gasteiger partial charge in [-0.15, -0.1) is 0 Å². The van der Waals surface area contributed by atoms with Crippen LogP contribution < -0.4 is 4.90 Å². The normalized spacial score (nSPS) is 30.4. The molecule has 1 aliphatic rings. The van der Waals surface area contributed by atoms with Crippen LogP contribution in [0.3, 0.4) is 0 Å². The molecule has 0 aromatic heterocycles. The minimum atomic E-state index is 0.229. The summed E-state index contributed by atoms with van der Waals surface area (Å²) in [6.45, 7) is 2.16. The summed E-state index contributed by atoms with van der Waals surface area (Å²) >= 11 is 0. The van der Waals surface area contributed by atoms with Crippen molar-refractivity contribution in [2.45, 2.75) is 25.4 Å². The third-order valence-electron chi connectivity index (χ3n) is 4.97. The summed E-state index contributed by atoms with van der Waals surface area (Å²) in [5.41, 5.74) is 3.50. The lowest BCUT2D eigenvalue weighted by Gasteiger charge is -2.41. The third kappa shape index (κ3) is 2.64. The quantitative estimate of drug-likeness (QED) is 0.649. The van der Waals surface area contributed by atoms with E-state index in [1.54, 1.807) is 0 Å². The molecule has 4 atom stereocenters. The molecule has 1 aliphatic heterocycles. The van der Waals surface area contributed by atoms with E-state index < -0.39 is 0 Å². The van der Waals surface area contributed by atoms with Gasteiger partial charge in [-0.3, -0.25) is 0 Å². The van der Waals surface area contributed by atoms with E-state index in [1.165, 1.54) is 16.0 Å². The maximum absolute atomic E-state index is 9.46. The highest BCUT2D eigenvalue weighted by atomic mass is 16.4. The maximum Gasteiger partial charge on any atom is 0.121 e. The Morgan fingerprint density at radius 2 is 1.50 bits per heavy atom. The lowest BCUT2D eigenvalue weighted by atomic mass is 9.80. The summed E-state index contributed by atoms with van der Waals surface area (Å²) in [6, 6.07) is 21.7.